The molecule has 30 heavy (non-hydrogen) atoms. The summed E-state index contributed by atoms with van der Waals surface area (Å²) in [5.74, 6) is -0.798. The molecule has 1 aliphatic heterocycles. The van der Waals surface area contributed by atoms with E-state index in [1.54, 1.807) is 54.9 Å². The largest absolute Gasteiger partial charge is 0.507 e. The highest BCUT2D eigenvalue weighted by atomic mass is 16.5. The summed E-state index contributed by atoms with van der Waals surface area (Å²) in [6.45, 7) is 2.47. The summed E-state index contributed by atoms with van der Waals surface area (Å²) < 4.78 is 11.0. The zero-order chi connectivity index (χ0) is 21.1. The molecule has 3 aromatic rings. The first-order chi connectivity index (χ1) is 14.6. The average molecular weight is 404 g/mol. The van der Waals surface area contributed by atoms with Crippen molar-refractivity contribution in [2.75, 3.05) is 6.61 Å². The van der Waals surface area contributed by atoms with Crippen LogP contribution in [0.1, 0.15) is 29.9 Å². The van der Waals surface area contributed by atoms with E-state index in [1.807, 2.05) is 13.0 Å². The minimum Gasteiger partial charge on any atom is -0.507 e. The maximum Gasteiger partial charge on any atom is 0.296 e. The van der Waals surface area contributed by atoms with Gasteiger partial charge in [-0.15, -0.1) is 0 Å². The number of rotatable bonds is 6. The van der Waals surface area contributed by atoms with E-state index in [2.05, 4.69) is 4.98 Å². The highest BCUT2D eigenvalue weighted by Gasteiger charge is 2.47. The summed E-state index contributed by atoms with van der Waals surface area (Å²) in [5.41, 5.74) is 1.12. The molecule has 1 N–H and O–H groups in total. The molecule has 0 bridgehead atoms. The second kappa shape index (κ2) is 8.24. The Balaban J connectivity index is 1.81. The minimum absolute atomic E-state index is 0.0208. The number of Topliss-reactive ketones (excluding diaryl/α,β-unsaturated/α-hetero) is 1. The third kappa shape index (κ3) is 3.57. The van der Waals surface area contributed by atoms with Crippen LogP contribution in [0.15, 0.2) is 77.2 Å². The van der Waals surface area contributed by atoms with Crippen molar-refractivity contribution in [1.82, 2.24) is 9.88 Å². The number of ketones is 1. The summed E-state index contributed by atoms with van der Waals surface area (Å²) in [7, 11) is 0. The predicted molar refractivity (Wildman–Crippen MR) is 108 cm³/mol. The number of nitrogens with zero attached hydrogens (tertiary/aromatic N) is 2. The van der Waals surface area contributed by atoms with E-state index < -0.39 is 17.7 Å². The fraction of sp³-hybridized carbons (Fsp3) is 0.174. The van der Waals surface area contributed by atoms with Crippen LogP contribution < -0.4 is 4.74 Å². The van der Waals surface area contributed by atoms with Gasteiger partial charge in [0.2, 0.25) is 0 Å². The highest BCUT2D eigenvalue weighted by molar-refractivity contribution is 6.46. The first-order valence-electron chi connectivity index (χ1n) is 9.54. The maximum absolute atomic E-state index is 12.9. The van der Waals surface area contributed by atoms with E-state index in [1.165, 1.54) is 11.2 Å². The van der Waals surface area contributed by atoms with E-state index in [0.717, 1.165) is 5.56 Å². The molecule has 1 aromatic carbocycles. The van der Waals surface area contributed by atoms with Crippen molar-refractivity contribution in [3.8, 4) is 5.75 Å². The van der Waals surface area contributed by atoms with E-state index >= 15 is 0 Å². The van der Waals surface area contributed by atoms with Crippen LogP contribution in [-0.2, 0) is 16.1 Å². The number of carbonyl (C=O) groups is 2. The van der Waals surface area contributed by atoms with Gasteiger partial charge in [0.1, 0.15) is 23.3 Å². The summed E-state index contributed by atoms with van der Waals surface area (Å²) in [5, 5.41) is 11.0. The Labute approximate surface area is 173 Å². The molecule has 1 unspecified atom stereocenters. The van der Waals surface area contributed by atoms with Crippen LogP contribution in [0.2, 0.25) is 0 Å². The number of furan rings is 1. The van der Waals surface area contributed by atoms with Crippen molar-refractivity contribution in [3.05, 3.63) is 89.6 Å². The van der Waals surface area contributed by atoms with Crippen LogP contribution >= 0.6 is 0 Å². The van der Waals surface area contributed by atoms with Crippen molar-refractivity contribution in [3.63, 3.8) is 0 Å². The lowest BCUT2D eigenvalue weighted by Gasteiger charge is -2.23. The molecule has 1 fully saturated rings. The Hall–Kier alpha value is -3.87. The molecule has 1 atom stereocenters. The molecule has 0 aliphatic carbocycles. The first kappa shape index (κ1) is 19.4. The summed E-state index contributed by atoms with van der Waals surface area (Å²) in [6, 6.07) is 12.8. The molecule has 0 saturated carbocycles. The molecule has 1 amide bonds. The number of hydrogen-bond acceptors (Lipinski definition) is 6. The zero-order valence-electron chi connectivity index (χ0n) is 16.3. The molecule has 7 nitrogen and oxygen atoms in total. The number of pyridine rings is 1. The molecule has 2 aromatic heterocycles. The summed E-state index contributed by atoms with van der Waals surface area (Å²) in [4.78, 5) is 31.3. The van der Waals surface area contributed by atoms with Crippen LogP contribution in [0, 0.1) is 0 Å². The quantitative estimate of drug-likeness (QED) is 0.383. The standard InChI is InChI=1S/C23H20N2O5/c1-2-29-17-8-3-7-16(12-17)21(26)19-20(18-9-5-11-30-18)25(23(28)22(19)27)14-15-6-4-10-24-13-15/h3-13,20,26H,2,14H2,1H3/b21-19+. The van der Waals surface area contributed by atoms with Gasteiger partial charge >= 0.3 is 0 Å². The maximum atomic E-state index is 12.9. The van der Waals surface area contributed by atoms with Gasteiger partial charge in [-0.25, -0.2) is 0 Å². The minimum atomic E-state index is -0.851. The van der Waals surface area contributed by atoms with Crippen molar-refractivity contribution in [1.29, 1.82) is 0 Å². The number of aliphatic hydroxyl groups excluding tert-OH is 1. The third-order valence-electron chi connectivity index (χ3n) is 4.85. The van der Waals surface area contributed by atoms with Gasteiger partial charge in [0, 0.05) is 24.5 Å². The molecular weight excluding hydrogens is 384 g/mol. The smallest absolute Gasteiger partial charge is 0.296 e. The number of ether oxygens (including phenoxy) is 1. The molecule has 0 radical (unpaired) electrons. The van der Waals surface area contributed by atoms with Crippen molar-refractivity contribution in [2.45, 2.75) is 19.5 Å². The normalized spacial score (nSPS) is 18.0. The number of carbonyl (C=O) groups excluding carboxylic acids is 2. The zero-order valence-corrected chi connectivity index (χ0v) is 16.3. The van der Waals surface area contributed by atoms with Gasteiger partial charge in [0.15, 0.2) is 0 Å². The Morgan fingerprint density at radius 3 is 2.77 bits per heavy atom. The van der Waals surface area contributed by atoms with Crippen LogP contribution in [0.5, 0.6) is 5.75 Å². The lowest BCUT2D eigenvalue weighted by Crippen LogP contribution is -2.29. The van der Waals surface area contributed by atoms with E-state index in [4.69, 9.17) is 9.15 Å². The highest BCUT2D eigenvalue weighted by Crippen LogP contribution is 2.40. The average Bonchev–Trinajstić information content (AvgIpc) is 3.37. The second-order valence-corrected chi connectivity index (χ2v) is 6.76. The van der Waals surface area contributed by atoms with Gasteiger partial charge in [-0.1, -0.05) is 18.2 Å². The van der Waals surface area contributed by atoms with Crippen LogP contribution in [0.3, 0.4) is 0 Å². The number of likely N-dealkylation sites (tertiary alicyclic amines) is 1. The third-order valence-corrected chi connectivity index (χ3v) is 4.85. The summed E-state index contributed by atoms with van der Waals surface area (Å²) >= 11 is 0. The molecular formula is C23H20N2O5. The lowest BCUT2D eigenvalue weighted by atomic mass is 9.99. The van der Waals surface area contributed by atoms with Gasteiger partial charge in [-0.05, 0) is 42.8 Å². The number of aromatic nitrogens is 1. The van der Waals surface area contributed by atoms with Gasteiger partial charge in [-0.2, -0.15) is 0 Å². The molecule has 0 spiro atoms. The number of benzene rings is 1. The molecule has 4 rings (SSSR count). The van der Waals surface area contributed by atoms with Crippen molar-refractivity contribution in [2.24, 2.45) is 0 Å². The van der Waals surface area contributed by atoms with Gasteiger partial charge < -0.3 is 19.2 Å². The molecule has 152 valence electrons. The van der Waals surface area contributed by atoms with Gasteiger partial charge in [-0.3, -0.25) is 14.6 Å². The lowest BCUT2D eigenvalue weighted by molar-refractivity contribution is -0.140. The van der Waals surface area contributed by atoms with Crippen molar-refractivity contribution >= 4 is 17.4 Å². The molecule has 1 saturated heterocycles. The first-order valence-corrected chi connectivity index (χ1v) is 9.54. The predicted octanol–water partition coefficient (Wildman–Crippen LogP) is 3.70. The van der Waals surface area contributed by atoms with Crippen LogP contribution in [0.4, 0.5) is 0 Å². The Kier molecular flexibility index (Phi) is 5.34. The molecule has 3 heterocycles. The molecule has 1 aliphatic rings. The van der Waals surface area contributed by atoms with Crippen LogP contribution in [-0.4, -0.2) is 33.3 Å². The van der Waals surface area contributed by atoms with E-state index in [-0.39, 0.29) is 17.9 Å². The fourth-order valence-electron chi connectivity index (χ4n) is 3.53. The molecule has 7 heteroatoms. The van der Waals surface area contributed by atoms with Gasteiger partial charge in [0.05, 0.1) is 18.4 Å². The monoisotopic (exact) mass is 404 g/mol. The Morgan fingerprint density at radius 1 is 1.20 bits per heavy atom. The van der Waals surface area contributed by atoms with Crippen molar-refractivity contribution < 1.29 is 23.8 Å². The van der Waals surface area contributed by atoms with Gasteiger partial charge in [0.25, 0.3) is 11.7 Å². The van der Waals surface area contributed by atoms with Crippen LogP contribution in [0.25, 0.3) is 5.76 Å². The Bertz CT molecular complexity index is 1090. The topological polar surface area (TPSA) is 92.9 Å². The second-order valence-electron chi connectivity index (χ2n) is 6.76. The SMILES string of the molecule is CCOc1cccc(/C(O)=C2\C(=O)C(=O)N(Cc3cccnc3)C2c2ccco2)c1. The van der Waals surface area contributed by atoms with E-state index in [0.29, 0.717) is 23.7 Å². The fourth-order valence-corrected chi connectivity index (χ4v) is 3.53. The number of amides is 1. The summed E-state index contributed by atoms with van der Waals surface area (Å²) in [6.07, 6.45) is 4.73. The van der Waals surface area contributed by atoms with E-state index in [9.17, 15) is 14.7 Å². The Morgan fingerprint density at radius 2 is 2.07 bits per heavy atom. The number of aliphatic hydroxyl groups is 1. The number of hydrogen-bond donors (Lipinski definition) is 1.